The minimum Gasteiger partial charge on any atom is -1.00 e. The topological polar surface area (TPSA) is 0 Å². The van der Waals surface area contributed by atoms with Crippen LogP contribution in [0.1, 0.15) is 61.8 Å². The van der Waals surface area contributed by atoms with Crippen molar-refractivity contribution < 1.29 is 58.9 Å². The largest absolute Gasteiger partial charge is 4.00 e. The Bertz CT molecular complexity index is 827. The summed E-state index contributed by atoms with van der Waals surface area (Å²) in [5, 5.41) is 4.84. The quantitative estimate of drug-likeness (QED) is 0.270. The smallest absolute Gasteiger partial charge is 1.00 e. The van der Waals surface area contributed by atoms with Crippen LogP contribution in [0.4, 0.5) is 0 Å². The zero-order valence-electron chi connectivity index (χ0n) is 19.5. The Morgan fingerprint density at radius 3 is 1.55 bits per heavy atom. The number of hydrogen-bond acceptors (Lipinski definition) is 0. The molecule has 0 saturated heterocycles. The fourth-order valence-electron chi connectivity index (χ4n) is 4.58. The molecule has 166 valence electrons. The van der Waals surface area contributed by atoms with Crippen LogP contribution in [0.2, 0.25) is 0 Å². The van der Waals surface area contributed by atoms with E-state index in [9.17, 15) is 0 Å². The van der Waals surface area contributed by atoms with Gasteiger partial charge in [0.2, 0.25) is 0 Å². The van der Waals surface area contributed by atoms with Crippen molar-refractivity contribution in [2.24, 2.45) is 0 Å². The van der Waals surface area contributed by atoms with E-state index >= 15 is 0 Å². The van der Waals surface area contributed by atoms with Gasteiger partial charge in [0.15, 0.2) is 0 Å². The van der Waals surface area contributed by atoms with Gasteiger partial charge in [0.05, 0.1) is 0 Å². The summed E-state index contributed by atoms with van der Waals surface area (Å²) in [5.74, 6) is 0. The summed E-state index contributed by atoms with van der Waals surface area (Å²) < 4.78 is 0. The maximum absolute atomic E-state index is 3.75. The molecule has 2 aromatic carbocycles. The van der Waals surface area contributed by atoms with Gasteiger partial charge in [0, 0.05) is 8.80 Å². The standard InChI is InChI=1S/C26H33Si.3ClH.Ti/c1-7-8-9-23-12-22(6)17-26(23)27(24-13-18(2)10-19(3)14-24)25-15-20(4)11-21(5)16-25;;;;/h10-11,13-16,27H,7-9,17H2,1-6H3;3*1H;/q-1;;;;+4/p-3. The van der Waals surface area contributed by atoms with Crippen LogP contribution in [0.3, 0.4) is 0 Å². The molecule has 2 aromatic rings. The SMILES string of the molecule is CCCCC1=C([SiH](c2cc(C)cc(C)c2)c2cc(C)cc(C)c2)CC(C)=[C-]1.[Cl-].[Cl-].[Cl-].[Ti+4]. The molecule has 1 aliphatic carbocycles. The van der Waals surface area contributed by atoms with Crippen molar-refractivity contribution in [3.8, 4) is 0 Å². The van der Waals surface area contributed by atoms with E-state index in [0.717, 1.165) is 6.42 Å². The maximum atomic E-state index is 3.75. The minimum absolute atomic E-state index is 0. The van der Waals surface area contributed by atoms with Crippen molar-refractivity contribution >= 4 is 19.2 Å². The fraction of sp³-hybridized carbons (Fsp3) is 0.385. The third-order valence-electron chi connectivity index (χ3n) is 5.49. The average molecular weight is 528 g/mol. The summed E-state index contributed by atoms with van der Waals surface area (Å²) in [6, 6.07) is 14.4. The van der Waals surface area contributed by atoms with Crippen LogP contribution in [0.15, 0.2) is 52.7 Å². The molecule has 0 amide bonds. The van der Waals surface area contributed by atoms with Crippen LogP contribution in [-0.2, 0) is 21.7 Å². The van der Waals surface area contributed by atoms with Crippen LogP contribution in [0.25, 0.3) is 0 Å². The average Bonchev–Trinajstić information content (AvgIpc) is 2.91. The Labute approximate surface area is 225 Å². The van der Waals surface area contributed by atoms with E-state index in [2.05, 4.69) is 84.0 Å². The second-order valence-corrected chi connectivity index (χ2v) is 11.4. The molecule has 3 rings (SSSR count). The fourth-order valence-corrected chi connectivity index (χ4v) is 8.56. The summed E-state index contributed by atoms with van der Waals surface area (Å²) in [5.41, 5.74) is 8.47. The third-order valence-corrected chi connectivity index (χ3v) is 8.74. The van der Waals surface area contributed by atoms with Gasteiger partial charge in [0.1, 0.15) is 0 Å². The predicted octanol–water partition coefficient (Wildman–Crippen LogP) is -3.55. The molecule has 0 aromatic heterocycles. The first-order valence-electron chi connectivity index (χ1n) is 10.3. The molecule has 0 bridgehead atoms. The first-order valence-corrected chi connectivity index (χ1v) is 12.1. The van der Waals surface area contributed by atoms with Crippen molar-refractivity contribution in [3.05, 3.63) is 81.1 Å². The monoisotopic (exact) mass is 526 g/mol. The van der Waals surface area contributed by atoms with Gasteiger partial charge in [-0.05, 0) is 27.7 Å². The summed E-state index contributed by atoms with van der Waals surface area (Å²) in [6.45, 7) is 13.5. The first-order chi connectivity index (χ1) is 12.9. The van der Waals surface area contributed by atoms with Crippen LogP contribution < -0.4 is 47.6 Å². The van der Waals surface area contributed by atoms with E-state index in [0.29, 0.717) is 0 Å². The zero-order chi connectivity index (χ0) is 19.6. The van der Waals surface area contributed by atoms with E-state index in [1.807, 2.05) is 0 Å². The number of benzene rings is 2. The molecule has 0 atom stereocenters. The van der Waals surface area contributed by atoms with Crippen molar-refractivity contribution in [2.45, 2.75) is 67.2 Å². The van der Waals surface area contributed by atoms with Crippen LogP contribution in [-0.4, -0.2) is 8.80 Å². The van der Waals surface area contributed by atoms with E-state index in [1.54, 1.807) is 15.6 Å². The van der Waals surface area contributed by atoms with Crippen LogP contribution in [0, 0.1) is 33.8 Å². The summed E-state index contributed by atoms with van der Waals surface area (Å²) in [7, 11) is -1.46. The van der Waals surface area contributed by atoms with E-state index in [4.69, 9.17) is 0 Å². The van der Waals surface area contributed by atoms with Crippen molar-refractivity contribution in [1.29, 1.82) is 0 Å². The molecule has 0 nitrogen and oxygen atoms in total. The summed E-state index contributed by atoms with van der Waals surface area (Å²) >= 11 is 0. The molecule has 0 unspecified atom stereocenters. The second-order valence-electron chi connectivity index (χ2n) is 8.46. The molecular formula is C26H33Cl3SiTi. The Morgan fingerprint density at radius 1 is 0.742 bits per heavy atom. The summed E-state index contributed by atoms with van der Waals surface area (Å²) in [6.07, 6.45) is 8.56. The zero-order valence-corrected chi connectivity index (χ0v) is 24.5. The summed E-state index contributed by atoms with van der Waals surface area (Å²) in [4.78, 5) is 0. The molecule has 0 N–H and O–H groups in total. The molecule has 5 heteroatoms. The minimum atomic E-state index is -1.46. The Kier molecular flexibility index (Phi) is 15.7. The Balaban J connectivity index is 0. The van der Waals surface area contributed by atoms with E-state index < -0.39 is 8.80 Å². The number of allylic oxidation sites excluding steroid dienone is 4. The second kappa shape index (κ2) is 14.8. The van der Waals surface area contributed by atoms with Gasteiger partial charge in [-0.25, -0.2) is 16.8 Å². The van der Waals surface area contributed by atoms with Gasteiger partial charge >= 0.3 is 21.7 Å². The Hall–Kier alpha value is -0.279. The first kappa shape index (κ1) is 32.9. The number of unbranched alkanes of at least 4 members (excludes halogenated alkanes) is 1. The molecule has 0 radical (unpaired) electrons. The predicted molar refractivity (Wildman–Crippen MR) is 122 cm³/mol. The molecule has 0 spiro atoms. The number of hydrogen-bond donors (Lipinski definition) is 0. The molecular weight excluding hydrogens is 495 g/mol. The van der Waals surface area contributed by atoms with Crippen molar-refractivity contribution in [1.82, 2.24) is 0 Å². The molecule has 0 aliphatic heterocycles. The van der Waals surface area contributed by atoms with Gasteiger partial charge in [-0.3, -0.25) is 0 Å². The van der Waals surface area contributed by atoms with Gasteiger partial charge in [-0.1, -0.05) is 109 Å². The van der Waals surface area contributed by atoms with Crippen LogP contribution >= 0.6 is 0 Å². The third kappa shape index (κ3) is 8.54. The molecule has 1 aliphatic rings. The number of rotatable bonds is 6. The molecule has 0 saturated carbocycles. The van der Waals surface area contributed by atoms with Gasteiger partial charge < -0.3 is 37.2 Å². The number of aryl methyl sites for hydroxylation is 4. The van der Waals surface area contributed by atoms with Gasteiger partial charge in [-0.15, -0.1) is 0 Å². The Morgan fingerprint density at radius 2 is 1.16 bits per heavy atom. The van der Waals surface area contributed by atoms with Crippen molar-refractivity contribution in [2.75, 3.05) is 0 Å². The van der Waals surface area contributed by atoms with Gasteiger partial charge in [0.25, 0.3) is 0 Å². The molecule has 0 fully saturated rings. The normalized spacial score (nSPS) is 12.4. The maximum Gasteiger partial charge on any atom is 4.00 e. The van der Waals surface area contributed by atoms with E-state index in [-0.39, 0.29) is 58.9 Å². The molecule has 0 heterocycles. The van der Waals surface area contributed by atoms with Crippen molar-refractivity contribution in [3.63, 3.8) is 0 Å². The number of halogens is 3. The molecule has 31 heavy (non-hydrogen) atoms. The van der Waals surface area contributed by atoms with Crippen LogP contribution in [0.5, 0.6) is 0 Å². The van der Waals surface area contributed by atoms with E-state index in [1.165, 1.54) is 52.7 Å². The van der Waals surface area contributed by atoms with Gasteiger partial charge in [-0.2, -0.15) is 5.57 Å².